The lowest BCUT2D eigenvalue weighted by molar-refractivity contribution is -0.139. The summed E-state index contributed by atoms with van der Waals surface area (Å²) in [5.74, 6) is -1.29. The van der Waals surface area contributed by atoms with E-state index < -0.39 is 34.1 Å². The van der Waals surface area contributed by atoms with Crippen LogP contribution in [-0.2, 0) is 14.8 Å². The van der Waals surface area contributed by atoms with Gasteiger partial charge in [0.2, 0.25) is 10.0 Å². The second kappa shape index (κ2) is 6.87. The van der Waals surface area contributed by atoms with Gasteiger partial charge in [-0.05, 0) is 12.0 Å². The molecule has 0 aliphatic carbocycles. The molecule has 0 radical (unpaired) electrons. The molecular formula is C14H17N3O6S. The Bertz CT molecular complexity index is 749. The number of imide groups is 1. The van der Waals surface area contributed by atoms with Crippen molar-refractivity contribution in [1.82, 2.24) is 14.5 Å². The molecule has 1 fully saturated rings. The molecule has 2 rings (SSSR count). The Labute approximate surface area is 138 Å². The number of benzene rings is 1. The zero-order valence-corrected chi connectivity index (χ0v) is 13.7. The number of carboxylic acids is 1. The number of nitrogens with zero attached hydrogens (tertiary/aromatic N) is 2. The first-order valence-corrected chi connectivity index (χ1v) is 8.94. The summed E-state index contributed by atoms with van der Waals surface area (Å²) in [4.78, 5) is 36.5. The summed E-state index contributed by atoms with van der Waals surface area (Å²) in [6.45, 7) is 0.000304. The largest absolute Gasteiger partial charge is 0.479 e. The first-order valence-electron chi connectivity index (χ1n) is 7.09. The van der Waals surface area contributed by atoms with E-state index in [9.17, 15) is 27.9 Å². The smallest absolute Gasteiger partial charge is 0.341 e. The van der Waals surface area contributed by atoms with Crippen molar-refractivity contribution in [2.24, 2.45) is 0 Å². The number of carbonyl (C=O) groups is 3. The molecule has 0 spiro atoms. The van der Waals surface area contributed by atoms with Crippen LogP contribution in [0, 0.1) is 0 Å². The molecule has 1 aliphatic rings. The number of hydrogen-bond acceptors (Lipinski definition) is 5. The van der Waals surface area contributed by atoms with Crippen LogP contribution >= 0.6 is 0 Å². The quantitative estimate of drug-likeness (QED) is 0.815. The minimum absolute atomic E-state index is 0.0114. The number of urea groups is 2. The third-order valence-electron chi connectivity index (χ3n) is 3.48. The molecule has 1 aromatic rings. The van der Waals surface area contributed by atoms with E-state index in [1.807, 2.05) is 0 Å². The van der Waals surface area contributed by atoms with Crippen LogP contribution in [0.4, 0.5) is 9.59 Å². The van der Waals surface area contributed by atoms with Gasteiger partial charge in [0.05, 0.1) is 6.26 Å². The van der Waals surface area contributed by atoms with E-state index in [0.29, 0.717) is 14.8 Å². The normalized spacial score (nSPS) is 16.6. The Hall–Kier alpha value is -2.62. The van der Waals surface area contributed by atoms with Crippen LogP contribution in [0.15, 0.2) is 30.3 Å². The fourth-order valence-corrected chi connectivity index (χ4v) is 3.17. The molecule has 10 heteroatoms. The van der Waals surface area contributed by atoms with E-state index in [1.165, 1.54) is 12.1 Å². The van der Waals surface area contributed by atoms with Crippen molar-refractivity contribution in [3.8, 4) is 0 Å². The van der Waals surface area contributed by atoms with Crippen molar-refractivity contribution < 1.29 is 27.9 Å². The van der Waals surface area contributed by atoms with Crippen molar-refractivity contribution >= 4 is 28.1 Å². The fraction of sp³-hybridized carbons (Fsp3) is 0.357. The van der Waals surface area contributed by atoms with Gasteiger partial charge in [-0.15, -0.1) is 0 Å². The topological polar surface area (TPSA) is 124 Å². The second-order valence-corrected chi connectivity index (χ2v) is 7.16. The number of nitrogens with one attached hydrogen (secondary N) is 1. The van der Waals surface area contributed by atoms with Crippen LogP contribution < -0.4 is 5.32 Å². The van der Waals surface area contributed by atoms with Crippen LogP contribution in [0.5, 0.6) is 0 Å². The lowest BCUT2D eigenvalue weighted by Gasteiger charge is -2.33. The maximum Gasteiger partial charge on any atom is 0.341 e. The third kappa shape index (κ3) is 3.82. The highest BCUT2D eigenvalue weighted by molar-refractivity contribution is 7.88. The first kappa shape index (κ1) is 17.7. The first-order chi connectivity index (χ1) is 11.2. The molecule has 1 atom stereocenters. The van der Waals surface area contributed by atoms with E-state index in [4.69, 9.17) is 0 Å². The molecule has 1 aliphatic heterocycles. The van der Waals surface area contributed by atoms with Gasteiger partial charge < -0.3 is 10.4 Å². The lowest BCUT2D eigenvalue weighted by Crippen LogP contribution is -2.56. The summed E-state index contributed by atoms with van der Waals surface area (Å²) in [7, 11) is -3.79. The number of carbonyl (C=O) groups excluding carboxylic acids is 2. The van der Waals surface area contributed by atoms with Crippen LogP contribution in [0.2, 0.25) is 0 Å². The van der Waals surface area contributed by atoms with Gasteiger partial charge in [0.1, 0.15) is 0 Å². The van der Waals surface area contributed by atoms with Gasteiger partial charge in [-0.3, -0.25) is 0 Å². The molecule has 0 bridgehead atoms. The van der Waals surface area contributed by atoms with Gasteiger partial charge in [-0.25, -0.2) is 32.0 Å². The highest BCUT2D eigenvalue weighted by Crippen LogP contribution is 2.16. The Morgan fingerprint density at radius 1 is 1.21 bits per heavy atom. The van der Waals surface area contributed by atoms with Gasteiger partial charge in [-0.2, -0.15) is 0 Å². The molecule has 0 saturated carbocycles. The molecule has 9 nitrogen and oxygen atoms in total. The van der Waals surface area contributed by atoms with E-state index in [1.54, 1.807) is 18.2 Å². The molecule has 0 aromatic heterocycles. The van der Waals surface area contributed by atoms with Gasteiger partial charge in [0.25, 0.3) is 0 Å². The lowest BCUT2D eigenvalue weighted by atomic mass is 10.1. The molecule has 1 saturated heterocycles. The average molecular weight is 355 g/mol. The van der Waals surface area contributed by atoms with E-state index in [0.717, 1.165) is 6.26 Å². The SMILES string of the molecule is CS(=O)(=O)N1CCCN(C(=O)NC(C(=O)O)c2ccccc2)C1=O. The van der Waals surface area contributed by atoms with Crippen LogP contribution in [0.1, 0.15) is 18.0 Å². The highest BCUT2D eigenvalue weighted by atomic mass is 32.2. The van der Waals surface area contributed by atoms with Gasteiger partial charge in [0, 0.05) is 13.1 Å². The van der Waals surface area contributed by atoms with E-state index in [2.05, 4.69) is 5.32 Å². The molecule has 1 aromatic carbocycles. The summed E-state index contributed by atoms with van der Waals surface area (Å²) in [5.41, 5.74) is 0.336. The molecular weight excluding hydrogens is 338 g/mol. The number of hydrogen-bond donors (Lipinski definition) is 2. The van der Waals surface area contributed by atoms with Gasteiger partial charge in [-0.1, -0.05) is 30.3 Å². The zero-order valence-electron chi connectivity index (χ0n) is 12.9. The summed E-state index contributed by atoms with van der Waals surface area (Å²) in [5, 5.41) is 11.5. The minimum atomic E-state index is -3.79. The minimum Gasteiger partial charge on any atom is -0.479 e. The van der Waals surface area contributed by atoms with Gasteiger partial charge >= 0.3 is 18.0 Å². The maximum absolute atomic E-state index is 12.3. The summed E-state index contributed by atoms with van der Waals surface area (Å²) in [6.07, 6.45) is 1.14. The number of sulfonamides is 1. The number of aliphatic carboxylic acids is 1. The predicted octanol–water partition coefficient (Wildman–Crippen LogP) is 0.609. The second-order valence-electron chi connectivity index (χ2n) is 5.25. The average Bonchev–Trinajstić information content (AvgIpc) is 2.52. The summed E-state index contributed by atoms with van der Waals surface area (Å²) < 4.78 is 23.7. The van der Waals surface area contributed by atoms with Gasteiger partial charge in [0.15, 0.2) is 6.04 Å². The van der Waals surface area contributed by atoms with Crippen molar-refractivity contribution in [3.63, 3.8) is 0 Å². The summed E-state index contributed by atoms with van der Waals surface area (Å²) in [6, 6.07) is 4.70. The van der Waals surface area contributed by atoms with Crippen molar-refractivity contribution in [2.75, 3.05) is 19.3 Å². The highest BCUT2D eigenvalue weighted by Gasteiger charge is 2.36. The molecule has 24 heavy (non-hydrogen) atoms. The Morgan fingerprint density at radius 2 is 1.83 bits per heavy atom. The van der Waals surface area contributed by atoms with E-state index in [-0.39, 0.29) is 19.5 Å². The fourth-order valence-electron chi connectivity index (χ4n) is 2.33. The van der Waals surface area contributed by atoms with Crippen molar-refractivity contribution in [3.05, 3.63) is 35.9 Å². The van der Waals surface area contributed by atoms with Crippen LogP contribution in [0.25, 0.3) is 0 Å². The molecule has 4 amide bonds. The predicted molar refractivity (Wildman–Crippen MR) is 83.6 cm³/mol. The summed E-state index contributed by atoms with van der Waals surface area (Å²) >= 11 is 0. The Balaban J connectivity index is 2.18. The van der Waals surface area contributed by atoms with Crippen LogP contribution in [-0.4, -0.2) is 60.1 Å². The molecule has 130 valence electrons. The standard InChI is InChI=1S/C14H17N3O6S/c1-24(22,23)17-9-5-8-16(14(17)21)13(20)15-11(12(18)19)10-6-3-2-4-7-10/h2-4,6-7,11H,5,8-9H2,1H3,(H,15,20)(H,18,19). The van der Waals surface area contributed by atoms with Crippen LogP contribution in [0.3, 0.4) is 0 Å². The number of carboxylic acid groups (broad SMARTS) is 1. The van der Waals surface area contributed by atoms with Crippen molar-refractivity contribution in [2.45, 2.75) is 12.5 Å². The number of amides is 4. The monoisotopic (exact) mass is 355 g/mol. The molecule has 2 N–H and O–H groups in total. The maximum atomic E-state index is 12.3. The Morgan fingerprint density at radius 3 is 2.38 bits per heavy atom. The number of rotatable bonds is 4. The Kier molecular flexibility index (Phi) is 5.07. The zero-order chi connectivity index (χ0) is 17.9. The van der Waals surface area contributed by atoms with Crippen molar-refractivity contribution in [1.29, 1.82) is 0 Å². The third-order valence-corrected chi connectivity index (χ3v) is 4.62. The molecule has 1 unspecified atom stereocenters. The molecule has 1 heterocycles. The van der Waals surface area contributed by atoms with E-state index >= 15 is 0 Å².